The Hall–Kier alpha value is -3.26. The van der Waals surface area contributed by atoms with Crippen LogP contribution in [0.1, 0.15) is 21.5 Å². The number of thioether (sulfide) groups is 1. The summed E-state index contributed by atoms with van der Waals surface area (Å²) in [7, 11) is 1.53. The second kappa shape index (κ2) is 7.96. The van der Waals surface area contributed by atoms with Crippen molar-refractivity contribution in [3.8, 4) is 11.5 Å². The van der Waals surface area contributed by atoms with E-state index in [1.54, 1.807) is 36.4 Å². The summed E-state index contributed by atoms with van der Waals surface area (Å²) in [6, 6.07) is 11.7. The molecule has 1 amide bonds. The number of amides is 1. The Labute approximate surface area is 159 Å². The van der Waals surface area contributed by atoms with E-state index in [-0.39, 0.29) is 23.2 Å². The van der Waals surface area contributed by atoms with Crippen LogP contribution in [0.4, 0.5) is 0 Å². The molecule has 3 rings (SSSR count). The van der Waals surface area contributed by atoms with Gasteiger partial charge >= 0.3 is 5.97 Å². The highest BCUT2D eigenvalue weighted by Crippen LogP contribution is 2.32. The van der Waals surface area contributed by atoms with Crippen molar-refractivity contribution in [2.24, 2.45) is 10.7 Å². The highest BCUT2D eigenvalue weighted by Gasteiger charge is 2.19. The van der Waals surface area contributed by atoms with Gasteiger partial charge in [-0.2, -0.15) is 4.99 Å². The lowest BCUT2D eigenvalue weighted by molar-refractivity contribution is -0.113. The number of aliphatic imine (C=N–C) groups is 1. The Balaban J connectivity index is 1.72. The molecular formula is C19H16N2O5S. The number of carbonyl (C=O) groups excluding carboxylic acids is 1. The van der Waals surface area contributed by atoms with Crippen LogP contribution in [-0.4, -0.2) is 29.3 Å². The molecule has 2 aromatic rings. The van der Waals surface area contributed by atoms with Gasteiger partial charge in [0.15, 0.2) is 16.7 Å². The van der Waals surface area contributed by atoms with Crippen molar-refractivity contribution in [1.29, 1.82) is 0 Å². The molecule has 0 spiro atoms. The maximum Gasteiger partial charge on any atom is 0.335 e. The summed E-state index contributed by atoms with van der Waals surface area (Å²) in [6.07, 6.45) is 1.69. The van der Waals surface area contributed by atoms with Gasteiger partial charge in [0.2, 0.25) is 0 Å². The third-order valence-corrected chi connectivity index (χ3v) is 4.53. The topological polar surface area (TPSA) is 111 Å². The molecule has 1 aliphatic heterocycles. The van der Waals surface area contributed by atoms with Crippen LogP contribution in [0.25, 0.3) is 6.08 Å². The third kappa shape index (κ3) is 4.48. The molecule has 8 heteroatoms. The van der Waals surface area contributed by atoms with Crippen LogP contribution < -0.4 is 15.2 Å². The predicted molar refractivity (Wildman–Crippen MR) is 103 cm³/mol. The Bertz CT molecular complexity index is 951. The zero-order chi connectivity index (χ0) is 19.4. The van der Waals surface area contributed by atoms with Crippen LogP contribution in [0.5, 0.6) is 11.5 Å². The maximum absolute atomic E-state index is 11.7. The standard InChI is InChI=1S/C19H16N2O5S/c1-25-15-8-12(9-16-17(22)21-19(20)27-16)4-7-14(15)26-10-11-2-5-13(6-3-11)18(23)24/h2-9H,10H2,1H3,(H,23,24)(H2,20,21,22). The molecule has 1 heterocycles. The second-order valence-corrected chi connectivity index (χ2v) is 6.63. The smallest absolute Gasteiger partial charge is 0.335 e. The second-order valence-electron chi connectivity index (χ2n) is 5.57. The summed E-state index contributed by atoms with van der Waals surface area (Å²) in [5, 5.41) is 9.15. The molecule has 1 aliphatic rings. The number of carbonyl (C=O) groups is 2. The number of rotatable bonds is 6. The number of ether oxygens (including phenoxy) is 2. The number of carboxylic acid groups (broad SMARTS) is 1. The molecule has 0 aromatic heterocycles. The van der Waals surface area contributed by atoms with E-state index in [0.717, 1.165) is 22.9 Å². The van der Waals surface area contributed by atoms with Crippen molar-refractivity contribution in [1.82, 2.24) is 0 Å². The van der Waals surface area contributed by atoms with E-state index >= 15 is 0 Å². The molecule has 138 valence electrons. The van der Waals surface area contributed by atoms with Crippen molar-refractivity contribution >= 4 is 34.9 Å². The van der Waals surface area contributed by atoms with E-state index in [2.05, 4.69) is 4.99 Å². The Kier molecular flexibility index (Phi) is 5.46. The van der Waals surface area contributed by atoms with Gasteiger partial charge in [-0.25, -0.2) is 4.79 Å². The summed E-state index contributed by atoms with van der Waals surface area (Å²) in [5.74, 6) is -0.291. The van der Waals surface area contributed by atoms with E-state index in [9.17, 15) is 9.59 Å². The average Bonchev–Trinajstić information content (AvgIpc) is 2.97. The molecule has 0 saturated carbocycles. The maximum atomic E-state index is 11.7. The highest BCUT2D eigenvalue weighted by molar-refractivity contribution is 8.18. The fourth-order valence-corrected chi connectivity index (χ4v) is 3.06. The SMILES string of the molecule is COc1cc(C=C2SC(N)=NC2=O)ccc1OCc1ccc(C(=O)O)cc1. The molecule has 0 bridgehead atoms. The molecule has 0 unspecified atom stereocenters. The molecule has 7 nitrogen and oxygen atoms in total. The molecular weight excluding hydrogens is 368 g/mol. The van der Waals surface area contributed by atoms with Crippen LogP contribution in [-0.2, 0) is 11.4 Å². The largest absolute Gasteiger partial charge is 0.493 e. The number of aromatic carboxylic acids is 1. The first-order valence-corrected chi connectivity index (χ1v) is 8.69. The van der Waals surface area contributed by atoms with E-state index in [4.69, 9.17) is 20.3 Å². The number of methoxy groups -OCH3 is 1. The number of benzene rings is 2. The first-order chi connectivity index (χ1) is 13.0. The number of nitrogens with two attached hydrogens (primary N) is 1. The molecule has 0 aliphatic carbocycles. The summed E-state index contributed by atoms with van der Waals surface area (Å²) in [4.78, 5) is 26.7. The van der Waals surface area contributed by atoms with E-state index < -0.39 is 5.97 Å². The van der Waals surface area contributed by atoms with Crippen molar-refractivity contribution in [3.63, 3.8) is 0 Å². The number of nitrogens with zero attached hydrogens (tertiary/aromatic N) is 1. The average molecular weight is 384 g/mol. The minimum Gasteiger partial charge on any atom is -0.493 e. The van der Waals surface area contributed by atoms with Gasteiger partial charge in [-0.1, -0.05) is 18.2 Å². The van der Waals surface area contributed by atoms with Crippen LogP contribution in [0.3, 0.4) is 0 Å². The molecule has 3 N–H and O–H groups in total. The normalized spacial score (nSPS) is 14.9. The molecule has 2 aromatic carbocycles. The summed E-state index contributed by atoms with van der Waals surface area (Å²) < 4.78 is 11.1. The van der Waals surface area contributed by atoms with Gasteiger partial charge in [0.05, 0.1) is 17.6 Å². The monoisotopic (exact) mass is 384 g/mol. The highest BCUT2D eigenvalue weighted by atomic mass is 32.2. The Morgan fingerprint density at radius 1 is 1.22 bits per heavy atom. The fourth-order valence-electron chi connectivity index (χ4n) is 2.37. The number of hydrogen-bond acceptors (Lipinski definition) is 6. The quantitative estimate of drug-likeness (QED) is 0.737. The molecule has 0 atom stereocenters. The minimum absolute atomic E-state index is 0.220. The number of hydrogen-bond donors (Lipinski definition) is 2. The summed E-state index contributed by atoms with van der Waals surface area (Å²) >= 11 is 1.12. The summed E-state index contributed by atoms with van der Waals surface area (Å²) in [5.41, 5.74) is 7.35. The fraction of sp³-hybridized carbons (Fsp3) is 0.105. The van der Waals surface area contributed by atoms with Crippen LogP contribution >= 0.6 is 11.8 Å². The van der Waals surface area contributed by atoms with Gasteiger partial charge < -0.3 is 20.3 Å². The van der Waals surface area contributed by atoms with Crippen LogP contribution in [0.15, 0.2) is 52.4 Å². The lowest BCUT2D eigenvalue weighted by Crippen LogP contribution is -2.01. The lowest BCUT2D eigenvalue weighted by Gasteiger charge is -2.12. The zero-order valence-corrected chi connectivity index (χ0v) is 15.2. The van der Waals surface area contributed by atoms with Gasteiger partial charge in [0.25, 0.3) is 5.91 Å². The summed E-state index contributed by atoms with van der Waals surface area (Å²) in [6.45, 7) is 0.259. The van der Waals surface area contributed by atoms with Crippen LogP contribution in [0.2, 0.25) is 0 Å². The molecule has 27 heavy (non-hydrogen) atoms. The van der Waals surface area contributed by atoms with Gasteiger partial charge in [-0.3, -0.25) is 4.79 Å². The van der Waals surface area contributed by atoms with Crippen molar-refractivity contribution in [2.45, 2.75) is 6.61 Å². The van der Waals surface area contributed by atoms with Crippen LogP contribution in [0, 0.1) is 0 Å². The van der Waals surface area contributed by atoms with Crippen molar-refractivity contribution in [2.75, 3.05) is 7.11 Å². The predicted octanol–water partition coefficient (Wildman–Crippen LogP) is 2.90. The minimum atomic E-state index is -0.972. The van der Waals surface area contributed by atoms with E-state index in [1.807, 2.05) is 0 Å². The molecule has 0 fully saturated rings. The Morgan fingerprint density at radius 3 is 2.56 bits per heavy atom. The lowest BCUT2D eigenvalue weighted by atomic mass is 10.1. The van der Waals surface area contributed by atoms with E-state index in [1.165, 1.54) is 19.2 Å². The van der Waals surface area contributed by atoms with Gasteiger partial charge in [0, 0.05) is 0 Å². The zero-order valence-electron chi connectivity index (χ0n) is 14.3. The van der Waals surface area contributed by atoms with Gasteiger partial charge in [0.1, 0.15) is 6.61 Å². The first kappa shape index (κ1) is 18.5. The number of carboxylic acids is 1. The van der Waals surface area contributed by atoms with Crippen molar-refractivity contribution in [3.05, 3.63) is 64.1 Å². The third-order valence-electron chi connectivity index (χ3n) is 3.72. The van der Waals surface area contributed by atoms with Gasteiger partial charge in [-0.15, -0.1) is 0 Å². The Morgan fingerprint density at radius 2 is 1.96 bits per heavy atom. The molecule has 0 radical (unpaired) electrons. The molecule has 0 saturated heterocycles. The van der Waals surface area contributed by atoms with E-state index in [0.29, 0.717) is 16.4 Å². The first-order valence-electron chi connectivity index (χ1n) is 7.87. The van der Waals surface area contributed by atoms with Gasteiger partial charge in [-0.05, 0) is 53.2 Å². The number of amidine groups is 1. The van der Waals surface area contributed by atoms with Crippen molar-refractivity contribution < 1.29 is 24.2 Å².